The first-order valence-electron chi connectivity index (χ1n) is 5.45. The third-order valence-corrected chi connectivity index (χ3v) is 2.85. The van der Waals surface area contributed by atoms with E-state index < -0.39 is 0 Å². The number of hydrogen-bond donors (Lipinski definition) is 1. The van der Waals surface area contributed by atoms with Crippen molar-refractivity contribution in [1.29, 1.82) is 0 Å². The summed E-state index contributed by atoms with van der Waals surface area (Å²) < 4.78 is 5.28. The lowest BCUT2D eigenvalue weighted by molar-refractivity contribution is 0.146. The maximum absolute atomic E-state index is 5.28. The summed E-state index contributed by atoms with van der Waals surface area (Å²) >= 11 is 0. The standard InChI is InChI=1S/C11H23NO/c1-4-13-8-7-12-10-5-6-11(2,3)9-10/h10,12H,4-9H2,1-3H3. The van der Waals surface area contributed by atoms with Gasteiger partial charge in [0.1, 0.15) is 0 Å². The highest BCUT2D eigenvalue weighted by Crippen LogP contribution is 2.36. The van der Waals surface area contributed by atoms with E-state index >= 15 is 0 Å². The average Bonchev–Trinajstić information content (AvgIpc) is 2.40. The zero-order valence-electron chi connectivity index (χ0n) is 9.23. The second-order valence-corrected chi connectivity index (χ2v) is 4.75. The fourth-order valence-corrected chi connectivity index (χ4v) is 2.09. The quantitative estimate of drug-likeness (QED) is 0.663. The summed E-state index contributed by atoms with van der Waals surface area (Å²) in [5.74, 6) is 0. The molecule has 1 atom stereocenters. The summed E-state index contributed by atoms with van der Waals surface area (Å²) in [5, 5.41) is 3.55. The van der Waals surface area contributed by atoms with E-state index in [1.54, 1.807) is 0 Å². The van der Waals surface area contributed by atoms with Gasteiger partial charge in [0.15, 0.2) is 0 Å². The number of rotatable bonds is 5. The van der Waals surface area contributed by atoms with Gasteiger partial charge in [0.2, 0.25) is 0 Å². The predicted octanol–water partition coefficient (Wildman–Crippen LogP) is 2.19. The molecule has 0 radical (unpaired) electrons. The topological polar surface area (TPSA) is 21.3 Å². The predicted molar refractivity (Wildman–Crippen MR) is 55.9 cm³/mol. The van der Waals surface area contributed by atoms with Gasteiger partial charge < -0.3 is 10.1 Å². The number of nitrogens with one attached hydrogen (secondary N) is 1. The van der Waals surface area contributed by atoms with Gasteiger partial charge in [-0.25, -0.2) is 0 Å². The van der Waals surface area contributed by atoms with E-state index in [2.05, 4.69) is 19.2 Å². The summed E-state index contributed by atoms with van der Waals surface area (Å²) in [6, 6.07) is 0.732. The van der Waals surface area contributed by atoms with Crippen molar-refractivity contribution in [3.8, 4) is 0 Å². The largest absolute Gasteiger partial charge is 0.380 e. The van der Waals surface area contributed by atoms with Crippen LogP contribution in [0.3, 0.4) is 0 Å². The minimum absolute atomic E-state index is 0.559. The van der Waals surface area contributed by atoms with E-state index in [9.17, 15) is 0 Å². The smallest absolute Gasteiger partial charge is 0.0590 e. The molecule has 0 aromatic rings. The molecule has 2 nitrogen and oxygen atoms in total. The average molecular weight is 185 g/mol. The normalized spacial score (nSPS) is 26.5. The minimum Gasteiger partial charge on any atom is -0.380 e. The van der Waals surface area contributed by atoms with Crippen LogP contribution < -0.4 is 5.32 Å². The molecule has 78 valence electrons. The van der Waals surface area contributed by atoms with E-state index in [4.69, 9.17) is 4.74 Å². The molecule has 1 rings (SSSR count). The Morgan fingerprint density at radius 2 is 2.23 bits per heavy atom. The van der Waals surface area contributed by atoms with Crippen LogP contribution in [0.1, 0.15) is 40.0 Å². The van der Waals surface area contributed by atoms with E-state index in [1.807, 2.05) is 6.92 Å². The lowest BCUT2D eigenvalue weighted by Crippen LogP contribution is -2.30. The molecule has 1 fully saturated rings. The van der Waals surface area contributed by atoms with Crippen molar-refractivity contribution in [2.75, 3.05) is 19.8 Å². The van der Waals surface area contributed by atoms with E-state index in [1.165, 1.54) is 19.3 Å². The molecule has 0 aromatic heterocycles. The van der Waals surface area contributed by atoms with Crippen molar-refractivity contribution >= 4 is 0 Å². The van der Waals surface area contributed by atoms with Crippen LogP contribution in [0.5, 0.6) is 0 Å². The van der Waals surface area contributed by atoms with Gasteiger partial charge in [-0.05, 0) is 31.6 Å². The second-order valence-electron chi connectivity index (χ2n) is 4.75. The molecule has 0 spiro atoms. The van der Waals surface area contributed by atoms with Crippen LogP contribution in [0.15, 0.2) is 0 Å². The molecule has 1 aliphatic carbocycles. The Labute approximate surface area is 82.0 Å². The zero-order chi connectivity index (χ0) is 9.73. The Morgan fingerprint density at radius 3 is 2.77 bits per heavy atom. The molecule has 1 saturated carbocycles. The third kappa shape index (κ3) is 4.10. The summed E-state index contributed by atoms with van der Waals surface area (Å²) in [5.41, 5.74) is 0.559. The van der Waals surface area contributed by atoms with Crippen molar-refractivity contribution in [1.82, 2.24) is 5.32 Å². The first-order valence-corrected chi connectivity index (χ1v) is 5.45. The summed E-state index contributed by atoms with van der Waals surface area (Å²) in [7, 11) is 0. The molecule has 1 N–H and O–H groups in total. The Morgan fingerprint density at radius 1 is 1.46 bits per heavy atom. The van der Waals surface area contributed by atoms with Crippen LogP contribution in [0, 0.1) is 5.41 Å². The fraction of sp³-hybridized carbons (Fsp3) is 1.00. The van der Waals surface area contributed by atoms with Crippen molar-refractivity contribution in [3.05, 3.63) is 0 Å². The van der Waals surface area contributed by atoms with Crippen molar-refractivity contribution < 1.29 is 4.74 Å². The number of ether oxygens (including phenoxy) is 1. The molecule has 1 aliphatic rings. The molecule has 2 heteroatoms. The Balaban J connectivity index is 2.04. The van der Waals surface area contributed by atoms with E-state index in [-0.39, 0.29) is 0 Å². The van der Waals surface area contributed by atoms with E-state index in [0.717, 1.165) is 25.8 Å². The number of hydrogen-bond acceptors (Lipinski definition) is 2. The molecule has 1 unspecified atom stereocenters. The molecule has 13 heavy (non-hydrogen) atoms. The van der Waals surface area contributed by atoms with Crippen LogP contribution in [0.25, 0.3) is 0 Å². The van der Waals surface area contributed by atoms with Gasteiger partial charge in [0.25, 0.3) is 0 Å². The highest BCUT2D eigenvalue weighted by atomic mass is 16.5. The Bertz CT molecular complexity index is 145. The Kier molecular flexibility index (Phi) is 4.20. The second kappa shape index (κ2) is 4.97. The molecule has 0 saturated heterocycles. The third-order valence-electron chi connectivity index (χ3n) is 2.85. The molecular formula is C11H23NO. The lowest BCUT2D eigenvalue weighted by atomic mass is 9.92. The van der Waals surface area contributed by atoms with Gasteiger partial charge in [-0.3, -0.25) is 0 Å². The molecule has 0 heterocycles. The van der Waals surface area contributed by atoms with Gasteiger partial charge in [-0.1, -0.05) is 13.8 Å². The van der Waals surface area contributed by atoms with Crippen molar-refractivity contribution in [2.45, 2.75) is 46.1 Å². The van der Waals surface area contributed by atoms with E-state index in [0.29, 0.717) is 5.41 Å². The summed E-state index contributed by atoms with van der Waals surface area (Å²) in [6.45, 7) is 9.45. The Hall–Kier alpha value is -0.0800. The molecular weight excluding hydrogens is 162 g/mol. The fourth-order valence-electron chi connectivity index (χ4n) is 2.09. The monoisotopic (exact) mass is 185 g/mol. The minimum atomic E-state index is 0.559. The lowest BCUT2D eigenvalue weighted by Gasteiger charge is -2.17. The summed E-state index contributed by atoms with van der Waals surface area (Å²) in [6.07, 6.45) is 4.01. The maximum atomic E-state index is 5.28. The van der Waals surface area contributed by atoms with Gasteiger partial charge in [-0.15, -0.1) is 0 Å². The van der Waals surface area contributed by atoms with Crippen molar-refractivity contribution in [2.24, 2.45) is 5.41 Å². The molecule has 0 bridgehead atoms. The van der Waals surface area contributed by atoms with Crippen LogP contribution in [-0.2, 0) is 4.74 Å². The highest BCUT2D eigenvalue weighted by molar-refractivity contribution is 4.86. The van der Waals surface area contributed by atoms with Crippen LogP contribution in [0.2, 0.25) is 0 Å². The first-order chi connectivity index (χ1) is 6.14. The molecule has 0 aromatic carbocycles. The van der Waals surface area contributed by atoms with Gasteiger partial charge in [-0.2, -0.15) is 0 Å². The van der Waals surface area contributed by atoms with Gasteiger partial charge >= 0.3 is 0 Å². The van der Waals surface area contributed by atoms with Gasteiger partial charge in [0, 0.05) is 19.2 Å². The molecule has 0 amide bonds. The highest BCUT2D eigenvalue weighted by Gasteiger charge is 2.30. The molecule has 0 aliphatic heterocycles. The van der Waals surface area contributed by atoms with Crippen LogP contribution >= 0.6 is 0 Å². The van der Waals surface area contributed by atoms with Crippen molar-refractivity contribution in [3.63, 3.8) is 0 Å². The first kappa shape index (κ1) is 11.0. The van der Waals surface area contributed by atoms with Crippen LogP contribution in [0.4, 0.5) is 0 Å². The maximum Gasteiger partial charge on any atom is 0.0590 e. The zero-order valence-corrected chi connectivity index (χ0v) is 9.23. The summed E-state index contributed by atoms with van der Waals surface area (Å²) in [4.78, 5) is 0. The van der Waals surface area contributed by atoms with Crippen LogP contribution in [-0.4, -0.2) is 25.8 Å². The van der Waals surface area contributed by atoms with Gasteiger partial charge in [0.05, 0.1) is 6.61 Å². The SMILES string of the molecule is CCOCCNC1CCC(C)(C)C1.